The maximum Gasteiger partial charge on any atom is 0.305 e. The number of nitrogens with one attached hydrogen (secondary N) is 7. The predicted molar refractivity (Wildman–Crippen MR) is 227 cm³/mol. The third-order valence-corrected chi connectivity index (χ3v) is 10.7. The SMILES string of the molecule is CC[C@H](C)[C@@H]1NC(=O)[C@H](Cc2ccc(O)cc2)NC(=O)CNC(=O)[C@@H]2CCCN2C(=O)[C@H](CC(=O)O)NC(=O)[C@H](CCCN=C(N)N)NC(=O)[C@H](CO)NC(=O)[C@@H](CCC(=O)O)NC1=O. The molecule has 2 heterocycles. The Morgan fingerprint density at radius 1 is 0.769 bits per heavy atom. The predicted octanol–water partition coefficient (Wildman–Crippen LogP) is -4.60. The summed E-state index contributed by atoms with van der Waals surface area (Å²) in [5, 5.41) is 56.1. The first-order chi connectivity index (χ1) is 30.7. The minimum atomic E-state index is -1.83. The van der Waals surface area contributed by atoms with Crippen LogP contribution in [-0.4, -0.2) is 159 Å². The molecule has 15 N–H and O–H groups in total. The smallest absolute Gasteiger partial charge is 0.305 e. The molecule has 0 aromatic heterocycles. The fourth-order valence-electron chi connectivity index (χ4n) is 7.02. The van der Waals surface area contributed by atoms with Gasteiger partial charge in [0, 0.05) is 25.9 Å². The van der Waals surface area contributed by atoms with Crippen molar-refractivity contribution in [2.45, 2.75) is 114 Å². The molecule has 0 aliphatic carbocycles. The van der Waals surface area contributed by atoms with Crippen LogP contribution in [0, 0.1) is 5.92 Å². The molecule has 3 rings (SSSR count). The number of phenolic OH excluding ortho intramolecular Hbond substituents is 1. The fraction of sp³-hybridized carbons (Fsp3) is 0.575. The Hall–Kier alpha value is -7.05. The number of carboxylic acids is 2. The number of carbonyl (C=O) groups is 10. The Morgan fingerprint density at radius 2 is 1.35 bits per heavy atom. The molecule has 2 fully saturated rings. The van der Waals surface area contributed by atoms with Gasteiger partial charge in [-0.3, -0.25) is 52.9 Å². The largest absolute Gasteiger partial charge is 0.508 e. The summed E-state index contributed by atoms with van der Waals surface area (Å²) in [7, 11) is 0. The Bertz CT molecular complexity index is 1940. The average Bonchev–Trinajstić information content (AvgIpc) is 3.75. The lowest BCUT2D eigenvalue weighted by molar-refractivity contribution is -0.146. The first-order valence-electron chi connectivity index (χ1n) is 21.0. The number of aliphatic hydroxyl groups excluding tert-OH is 1. The summed E-state index contributed by atoms with van der Waals surface area (Å²) in [4.78, 5) is 138. The number of guanidine groups is 1. The zero-order valence-electron chi connectivity index (χ0n) is 36.0. The van der Waals surface area contributed by atoms with Crippen LogP contribution in [0.4, 0.5) is 0 Å². The van der Waals surface area contributed by atoms with Gasteiger partial charge in [0.05, 0.1) is 19.6 Å². The van der Waals surface area contributed by atoms with E-state index in [1.165, 1.54) is 24.3 Å². The minimum absolute atomic E-state index is 0.0284. The van der Waals surface area contributed by atoms with Gasteiger partial charge >= 0.3 is 11.9 Å². The number of aliphatic carboxylic acids is 2. The monoisotopic (exact) mass is 917 g/mol. The molecule has 8 amide bonds. The number of aliphatic hydroxyl groups is 1. The lowest BCUT2D eigenvalue weighted by Crippen LogP contribution is -2.61. The van der Waals surface area contributed by atoms with Crippen molar-refractivity contribution in [2.24, 2.45) is 22.4 Å². The van der Waals surface area contributed by atoms with Crippen LogP contribution in [0.3, 0.4) is 0 Å². The van der Waals surface area contributed by atoms with Crippen molar-refractivity contribution >= 4 is 65.2 Å². The summed E-state index contributed by atoms with van der Waals surface area (Å²) in [6, 6.07) is -5.26. The van der Waals surface area contributed by atoms with Gasteiger partial charge in [-0.2, -0.15) is 0 Å². The Balaban J connectivity index is 2.10. The number of carbonyl (C=O) groups excluding carboxylic acids is 8. The second-order valence-electron chi connectivity index (χ2n) is 15.7. The molecular weight excluding hydrogens is 859 g/mol. The average molecular weight is 918 g/mol. The number of hydrogen-bond donors (Lipinski definition) is 13. The highest BCUT2D eigenvalue weighted by molar-refractivity contribution is 5.99. The van der Waals surface area contributed by atoms with Crippen LogP contribution < -0.4 is 48.7 Å². The highest BCUT2D eigenvalue weighted by atomic mass is 16.4. The van der Waals surface area contributed by atoms with E-state index in [0.29, 0.717) is 5.56 Å². The third-order valence-electron chi connectivity index (χ3n) is 10.7. The zero-order valence-corrected chi connectivity index (χ0v) is 36.0. The van der Waals surface area contributed by atoms with Crippen molar-refractivity contribution in [3.05, 3.63) is 29.8 Å². The first-order valence-corrected chi connectivity index (χ1v) is 21.0. The number of nitrogens with zero attached hydrogens (tertiary/aromatic N) is 2. The number of aliphatic imine (C=N–C) groups is 1. The second-order valence-corrected chi connectivity index (χ2v) is 15.7. The zero-order chi connectivity index (χ0) is 48.4. The molecule has 0 bridgehead atoms. The fourth-order valence-corrected chi connectivity index (χ4v) is 7.02. The number of benzene rings is 1. The van der Waals surface area contributed by atoms with Gasteiger partial charge in [0.25, 0.3) is 0 Å². The van der Waals surface area contributed by atoms with Gasteiger partial charge in [-0.15, -0.1) is 0 Å². The van der Waals surface area contributed by atoms with E-state index in [4.69, 9.17) is 11.5 Å². The van der Waals surface area contributed by atoms with Gasteiger partial charge < -0.3 is 74.0 Å². The molecule has 8 atom stereocenters. The summed E-state index contributed by atoms with van der Waals surface area (Å²) < 4.78 is 0. The first kappa shape index (κ1) is 52.3. The molecule has 2 saturated heterocycles. The van der Waals surface area contributed by atoms with E-state index < -0.39 is 140 Å². The van der Waals surface area contributed by atoms with Crippen molar-refractivity contribution in [1.29, 1.82) is 0 Å². The van der Waals surface area contributed by atoms with Gasteiger partial charge in [-0.05, 0) is 55.7 Å². The lowest BCUT2D eigenvalue weighted by Gasteiger charge is -2.30. The lowest BCUT2D eigenvalue weighted by atomic mass is 9.96. The van der Waals surface area contributed by atoms with Crippen LogP contribution in [0.15, 0.2) is 29.3 Å². The molecule has 65 heavy (non-hydrogen) atoms. The van der Waals surface area contributed by atoms with Crippen LogP contribution in [0.1, 0.15) is 70.8 Å². The molecule has 358 valence electrons. The number of aromatic hydroxyl groups is 1. The highest BCUT2D eigenvalue weighted by Gasteiger charge is 2.40. The van der Waals surface area contributed by atoms with Gasteiger partial charge in [-0.1, -0.05) is 32.4 Å². The Morgan fingerprint density at radius 3 is 1.95 bits per heavy atom. The van der Waals surface area contributed by atoms with Gasteiger partial charge in [-0.25, -0.2) is 0 Å². The Labute approximate surface area is 373 Å². The molecule has 1 aromatic carbocycles. The van der Waals surface area contributed by atoms with Crippen LogP contribution in [0.5, 0.6) is 5.75 Å². The standard InChI is InChI=1S/C40H59N11O14/c1-3-20(2)32-38(64)47-24(12-13-30(55)56)34(60)49-27(19-52)36(62)46-23(6-4-14-43-40(41)42)33(59)48-26(17-31(57)58)39(65)51-15-5-7-28(51)37(63)44-18-29(54)45-25(35(61)50-32)16-21-8-10-22(53)11-9-21/h8-11,20,23-28,32,52-53H,3-7,12-19H2,1-2H3,(H,44,63)(H,45,54)(H,46,62)(H,47,64)(H,48,59)(H,49,60)(H,50,61)(H,55,56)(H,57,58)(H4,41,42,43)/t20-,23-,24+,25-,26-,27-,28-,32-/m0/s1. The molecule has 0 spiro atoms. The van der Waals surface area contributed by atoms with Gasteiger partial charge in [0.15, 0.2) is 5.96 Å². The summed E-state index contributed by atoms with van der Waals surface area (Å²) >= 11 is 0. The summed E-state index contributed by atoms with van der Waals surface area (Å²) in [6.07, 6.45) is -1.91. The van der Waals surface area contributed by atoms with Gasteiger partial charge in [0.1, 0.15) is 48.0 Å². The molecule has 2 aliphatic rings. The van der Waals surface area contributed by atoms with E-state index in [1.54, 1.807) is 13.8 Å². The summed E-state index contributed by atoms with van der Waals surface area (Å²) in [6.45, 7) is 1.41. The van der Waals surface area contributed by atoms with E-state index >= 15 is 0 Å². The van der Waals surface area contributed by atoms with Crippen molar-refractivity contribution in [2.75, 3.05) is 26.2 Å². The van der Waals surface area contributed by atoms with Crippen LogP contribution >= 0.6 is 0 Å². The quantitative estimate of drug-likeness (QED) is 0.0474. The number of phenols is 1. The number of rotatable bonds is 14. The molecule has 0 saturated carbocycles. The number of nitrogens with two attached hydrogens (primary N) is 2. The van der Waals surface area contributed by atoms with E-state index in [1.807, 2.05) is 0 Å². The van der Waals surface area contributed by atoms with E-state index in [2.05, 4.69) is 42.2 Å². The molecular formula is C40H59N11O14. The van der Waals surface area contributed by atoms with Crippen LogP contribution in [-0.2, 0) is 54.4 Å². The Kier molecular flexibility index (Phi) is 20.4. The van der Waals surface area contributed by atoms with E-state index in [0.717, 1.165) is 4.90 Å². The van der Waals surface area contributed by atoms with Crippen molar-refractivity contribution in [3.63, 3.8) is 0 Å². The van der Waals surface area contributed by atoms with Crippen molar-refractivity contribution < 1.29 is 68.4 Å². The topological polar surface area (TPSA) is 403 Å². The van der Waals surface area contributed by atoms with Crippen LogP contribution in [0.2, 0.25) is 0 Å². The maximum atomic E-state index is 14.0. The summed E-state index contributed by atoms with van der Waals surface area (Å²) in [5.74, 6) is -11.8. The number of fused-ring (bicyclic) bond motifs is 1. The molecule has 1 aromatic rings. The second kappa shape index (κ2) is 25.3. The maximum absolute atomic E-state index is 14.0. The third kappa shape index (κ3) is 16.5. The van der Waals surface area contributed by atoms with E-state index in [9.17, 15) is 68.4 Å². The normalized spacial score (nSPS) is 24.9. The molecule has 25 nitrogen and oxygen atoms in total. The molecule has 0 unspecified atom stereocenters. The molecule has 0 radical (unpaired) electrons. The summed E-state index contributed by atoms with van der Waals surface area (Å²) in [5.41, 5.74) is 11.2. The highest BCUT2D eigenvalue weighted by Crippen LogP contribution is 2.20. The minimum Gasteiger partial charge on any atom is -0.508 e. The van der Waals surface area contributed by atoms with Crippen molar-refractivity contribution in [1.82, 2.24) is 42.1 Å². The van der Waals surface area contributed by atoms with Gasteiger partial charge in [0.2, 0.25) is 47.3 Å². The number of hydrogen-bond acceptors (Lipinski definition) is 13. The molecule has 25 heteroatoms. The number of carboxylic acid groups (broad SMARTS) is 2. The number of amides is 8. The molecule has 2 aliphatic heterocycles. The van der Waals surface area contributed by atoms with E-state index in [-0.39, 0.29) is 63.3 Å². The van der Waals surface area contributed by atoms with Crippen LogP contribution in [0.25, 0.3) is 0 Å². The van der Waals surface area contributed by atoms with Crippen molar-refractivity contribution in [3.8, 4) is 5.75 Å².